The zero-order chi connectivity index (χ0) is 31.6. The lowest BCUT2D eigenvalue weighted by Gasteiger charge is -2.19. The Hall–Kier alpha value is -5.01. The normalized spacial score (nSPS) is 11.7. The highest BCUT2D eigenvalue weighted by Gasteiger charge is 2.42. The van der Waals surface area contributed by atoms with E-state index in [1.807, 2.05) is 19.1 Å². The van der Waals surface area contributed by atoms with Crippen LogP contribution in [0.4, 0.5) is 23.4 Å². The second kappa shape index (κ2) is 14.8. The number of rotatable bonds is 12. The predicted molar refractivity (Wildman–Crippen MR) is 146 cm³/mol. The first-order valence-electron chi connectivity index (χ1n) is 12.9. The lowest BCUT2D eigenvalue weighted by atomic mass is 9.98. The van der Waals surface area contributed by atoms with Crippen molar-refractivity contribution in [1.29, 1.82) is 0 Å². The first-order valence-corrected chi connectivity index (χ1v) is 12.9. The number of phenols is 1. The Balaban J connectivity index is 1.60. The minimum Gasteiger partial charge on any atom is -0.507 e. The molecule has 0 aliphatic carbocycles. The summed E-state index contributed by atoms with van der Waals surface area (Å²) in [5.41, 5.74) is 1.96. The van der Waals surface area contributed by atoms with Crippen LogP contribution >= 0.6 is 0 Å². The number of aryl methyl sites for hydroxylation is 1. The van der Waals surface area contributed by atoms with Crippen LogP contribution in [-0.4, -0.2) is 53.1 Å². The Bertz CT molecular complexity index is 1460. The molecular weight excluding hydrogens is 576 g/mol. The van der Waals surface area contributed by atoms with Crippen LogP contribution in [0, 0.1) is 12.7 Å². The number of ether oxygens (including phenoxy) is 1. The number of nitrogens with zero attached hydrogens (tertiary/aromatic N) is 1. The summed E-state index contributed by atoms with van der Waals surface area (Å²) >= 11 is 0. The van der Waals surface area contributed by atoms with Gasteiger partial charge < -0.3 is 25.8 Å². The lowest BCUT2D eigenvalue weighted by molar-refractivity contribution is -0.202. The fraction of sp³-hybridized carbons (Fsp3) is 0.276. The number of aromatic hydroxyl groups is 1. The van der Waals surface area contributed by atoms with Crippen LogP contribution in [0.2, 0.25) is 0 Å². The topological polar surface area (TPSA) is 147 Å². The van der Waals surface area contributed by atoms with E-state index in [0.29, 0.717) is 24.3 Å². The van der Waals surface area contributed by atoms with Crippen molar-refractivity contribution >= 4 is 29.6 Å². The molecule has 0 bridgehead atoms. The van der Waals surface area contributed by atoms with E-state index < -0.39 is 54.8 Å². The molecule has 43 heavy (non-hydrogen) atoms. The maximum Gasteiger partial charge on any atom is 0.491 e. The molecule has 3 aromatic rings. The first kappa shape index (κ1) is 32.5. The van der Waals surface area contributed by atoms with Gasteiger partial charge in [0.05, 0.1) is 19.0 Å². The van der Waals surface area contributed by atoms with Gasteiger partial charge in [0.25, 0.3) is 0 Å². The number of carbonyl (C=O) groups excluding carboxylic acids is 4. The third-order valence-corrected chi connectivity index (χ3v) is 5.98. The number of alkyl halides is 3. The summed E-state index contributed by atoms with van der Waals surface area (Å²) in [5, 5.41) is 18.0. The summed E-state index contributed by atoms with van der Waals surface area (Å²) in [7, 11) is 0. The molecule has 0 saturated carbocycles. The Kier molecular flexibility index (Phi) is 11.2. The van der Waals surface area contributed by atoms with Crippen molar-refractivity contribution in [2.45, 2.75) is 38.4 Å². The van der Waals surface area contributed by atoms with E-state index in [-0.39, 0.29) is 23.3 Å². The Labute approximate surface area is 243 Å². The number of nitrogens with one attached hydrogen (secondary N) is 3. The maximum atomic E-state index is 13.3. The molecule has 1 unspecified atom stereocenters. The summed E-state index contributed by atoms with van der Waals surface area (Å²) in [6, 6.07) is 11.6. The van der Waals surface area contributed by atoms with E-state index in [4.69, 9.17) is 0 Å². The van der Waals surface area contributed by atoms with Crippen molar-refractivity contribution in [2.75, 3.05) is 18.4 Å². The minimum absolute atomic E-state index is 0.0824. The summed E-state index contributed by atoms with van der Waals surface area (Å²) in [5.74, 6) is -5.80. The SMILES string of the molecule is Cc1ccnc(NCCCC(=O)NCC(=O)NC(CC(=O)OC(=O)C(F)(F)F)c2ccc(-c3ccc(F)cc3O)cc2)c1. The van der Waals surface area contributed by atoms with Gasteiger partial charge >= 0.3 is 18.1 Å². The third kappa shape index (κ3) is 10.4. The van der Waals surface area contributed by atoms with Gasteiger partial charge in [-0.15, -0.1) is 0 Å². The second-order valence-corrected chi connectivity index (χ2v) is 9.39. The van der Waals surface area contributed by atoms with Crippen LogP contribution in [0.25, 0.3) is 11.1 Å². The highest BCUT2D eigenvalue weighted by molar-refractivity contribution is 5.89. The van der Waals surface area contributed by atoms with E-state index in [0.717, 1.165) is 17.7 Å². The van der Waals surface area contributed by atoms with Gasteiger partial charge in [0.15, 0.2) is 0 Å². The standard InChI is InChI=1S/C29H28F4N4O6/c1-17-10-12-35-24(13-17)34-11-2-3-25(39)36-16-26(40)37-22(15-27(41)43-28(42)29(31,32)33)19-6-4-18(5-7-19)21-9-8-20(30)14-23(21)38/h4-10,12-14,22,38H,2-3,11,15-16H2,1H3,(H,34,35)(H,36,39)(H,37,40). The number of amides is 2. The lowest BCUT2D eigenvalue weighted by Crippen LogP contribution is -2.39. The van der Waals surface area contributed by atoms with Crippen molar-refractivity contribution in [1.82, 2.24) is 15.6 Å². The predicted octanol–water partition coefficient (Wildman–Crippen LogP) is 4.09. The number of esters is 2. The molecule has 0 fully saturated rings. The molecule has 3 rings (SSSR count). The van der Waals surface area contributed by atoms with Gasteiger partial charge in [-0.1, -0.05) is 24.3 Å². The molecule has 4 N–H and O–H groups in total. The number of carbonyl (C=O) groups is 4. The van der Waals surface area contributed by atoms with E-state index in [9.17, 15) is 41.8 Å². The maximum absolute atomic E-state index is 13.3. The quantitative estimate of drug-likeness (QED) is 0.105. The largest absolute Gasteiger partial charge is 0.507 e. The molecule has 0 aliphatic rings. The molecule has 1 aromatic heterocycles. The summed E-state index contributed by atoms with van der Waals surface area (Å²) in [6.07, 6.45) is -4.08. The number of phenolic OH excluding ortho intramolecular Hbond substituents is 1. The third-order valence-electron chi connectivity index (χ3n) is 5.98. The van der Waals surface area contributed by atoms with Crippen molar-refractivity contribution in [2.24, 2.45) is 0 Å². The molecule has 228 valence electrons. The van der Waals surface area contributed by atoms with Crippen molar-refractivity contribution in [3.8, 4) is 16.9 Å². The molecule has 1 heterocycles. The fourth-order valence-electron chi connectivity index (χ4n) is 3.88. The van der Waals surface area contributed by atoms with Gasteiger partial charge in [-0.2, -0.15) is 13.2 Å². The number of hydrogen-bond donors (Lipinski definition) is 4. The molecule has 0 spiro atoms. The number of hydrogen-bond acceptors (Lipinski definition) is 8. The van der Waals surface area contributed by atoms with E-state index in [1.165, 1.54) is 30.3 Å². The van der Waals surface area contributed by atoms with Crippen LogP contribution in [0.3, 0.4) is 0 Å². The van der Waals surface area contributed by atoms with E-state index in [1.54, 1.807) is 6.20 Å². The van der Waals surface area contributed by atoms with Gasteiger partial charge in [-0.05, 0) is 54.3 Å². The summed E-state index contributed by atoms with van der Waals surface area (Å²) < 4.78 is 54.8. The van der Waals surface area contributed by atoms with Crippen molar-refractivity contribution in [3.63, 3.8) is 0 Å². The Morgan fingerprint density at radius 1 is 1.00 bits per heavy atom. The van der Waals surface area contributed by atoms with E-state index >= 15 is 0 Å². The number of aromatic nitrogens is 1. The van der Waals surface area contributed by atoms with Crippen LogP contribution in [-0.2, 0) is 23.9 Å². The zero-order valence-corrected chi connectivity index (χ0v) is 22.8. The number of benzene rings is 2. The Morgan fingerprint density at radius 2 is 1.72 bits per heavy atom. The molecule has 2 aromatic carbocycles. The molecule has 10 nitrogen and oxygen atoms in total. The van der Waals surface area contributed by atoms with Crippen molar-refractivity contribution in [3.05, 3.63) is 77.7 Å². The average Bonchev–Trinajstić information content (AvgIpc) is 2.93. The molecule has 2 amide bonds. The summed E-state index contributed by atoms with van der Waals surface area (Å²) in [6.45, 7) is 1.86. The highest BCUT2D eigenvalue weighted by atomic mass is 19.4. The van der Waals surface area contributed by atoms with Crippen molar-refractivity contribution < 1.29 is 46.6 Å². The fourth-order valence-corrected chi connectivity index (χ4v) is 3.88. The minimum atomic E-state index is -5.40. The second-order valence-electron chi connectivity index (χ2n) is 9.39. The van der Waals surface area contributed by atoms with Crippen LogP contribution in [0.1, 0.15) is 36.4 Å². The Morgan fingerprint density at radius 3 is 2.37 bits per heavy atom. The van der Waals surface area contributed by atoms with Crippen LogP contribution < -0.4 is 16.0 Å². The molecule has 0 saturated heterocycles. The molecule has 14 heteroatoms. The van der Waals surface area contributed by atoms with Gasteiger partial charge in [0, 0.05) is 30.8 Å². The number of anilines is 1. The molecular formula is C29H28F4N4O6. The highest BCUT2D eigenvalue weighted by Crippen LogP contribution is 2.31. The number of halogens is 4. The average molecular weight is 605 g/mol. The van der Waals surface area contributed by atoms with Crippen LogP contribution in [0.15, 0.2) is 60.8 Å². The zero-order valence-electron chi connectivity index (χ0n) is 22.8. The number of pyridine rings is 1. The van der Waals surface area contributed by atoms with Gasteiger partial charge in [0.2, 0.25) is 11.8 Å². The van der Waals surface area contributed by atoms with Crippen LogP contribution in [0.5, 0.6) is 5.75 Å². The van der Waals surface area contributed by atoms with Gasteiger partial charge in [-0.3, -0.25) is 14.4 Å². The molecule has 1 atom stereocenters. The van der Waals surface area contributed by atoms with Gasteiger partial charge in [-0.25, -0.2) is 14.2 Å². The molecule has 0 radical (unpaired) electrons. The monoisotopic (exact) mass is 604 g/mol. The molecule has 0 aliphatic heterocycles. The summed E-state index contributed by atoms with van der Waals surface area (Å²) in [4.78, 5) is 52.1. The first-order chi connectivity index (χ1) is 20.3. The smallest absolute Gasteiger partial charge is 0.491 e. The van der Waals surface area contributed by atoms with E-state index in [2.05, 4.69) is 25.7 Å². The van der Waals surface area contributed by atoms with Gasteiger partial charge in [0.1, 0.15) is 17.4 Å².